The Balaban J connectivity index is 1.23. The second kappa shape index (κ2) is 9.11. The van der Waals surface area contributed by atoms with Crippen LogP contribution in [0.15, 0.2) is 59.7 Å². The molecule has 0 saturated carbocycles. The third-order valence-corrected chi connectivity index (χ3v) is 7.48. The molecule has 2 aromatic carbocycles. The van der Waals surface area contributed by atoms with Gasteiger partial charge in [0.25, 0.3) is 5.91 Å². The number of methoxy groups -OCH3 is 1. The van der Waals surface area contributed by atoms with Gasteiger partial charge >= 0.3 is 0 Å². The van der Waals surface area contributed by atoms with Crippen LogP contribution in [0.3, 0.4) is 0 Å². The van der Waals surface area contributed by atoms with Gasteiger partial charge in [-0.2, -0.15) is 0 Å². The number of aliphatic imine (C=N–C) groups is 1. The van der Waals surface area contributed by atoms with E-state index >= 15 is 0 Å². The summed E-state index contributed by atoms with van der Waals surface area (Å²) in [7, 11) is 1.63. The Hall–Kier alpha value is -3.78. The quantitative estimate of drug-likeness (QED) is 0.399. The van der Waals surface area contributed by atoms with Gasteiger partial charge in [-0.05, 0) is 61.2 Å². The lowest BCUT2D eigenvalue weighted by molar-refractivity contribution is 0.102. The van der Waals surface area contributed by atoms with Crippen LogP contribution in [0.25, 0.3) is 10.2 Å². The maximum absolute atomic E-state index is 13.2. The molecule has 0 bridgehead atoms. The van der Waals surface area contributed by atoms with Gasteiger partial charge in [-0.15, -0.1) is 0 Å². The van der Waals surface area contributed by atoms with E-state index in [1.807, 2.05) is 42.6 Å². The molecule has 1 fully saturated rings. The number of benzene rings is 2. The van der Waals surface area contributed by atoms with Crippen molar-refractivity contribution in [2.45, 2.75) is 25.7 Å². The highest BCUT2D eigenvalue weighted by Gasteiger charge is 2.23. The first-order chi connectivity index (χ1) is 17.2. The lowest BCUT2D eigenvalue weighted by atomic mass is 10.0. The third-order valence-electron chi connectivity index (χ3n) is 6.55. The normalized spacial score (nSPS) is 15.1. The highest BCUT2D eigenvalue weighted by molar-refractivity contribution is 7.22. The summed E-state index contributed by atoms with van der Waals surface area (Å²) in [4.78, 5) is 29.6. The summed E-state index contributed by atoms with van der Waals surface area (Å²) < 4.78 is 6.24. The Morgan fingerprint density at radius 3 is 2.77 bits per heavy atom. The van der Waals surface area contributed by atoms with Crippen molar-refractivity contribution < 1.29 is 9.53 Å². The molecular formula is C27H25N5O2S. The van der Waals surface area contributed by atoms with E-state index in [-0.39, 0.29) is 5.91 Å². The molecule has 35 heavy (non-hydrogen) atoms. The fourth-order valence-electron chi connectivity index (χ4n) is 4.69. The van der Waals surface area contributed by atoms with Crippen molar-refractivity contribution in [3.8, 4) is 5.75 Å². The third kappa shape index (κ3) is 4.25. The average Bonchev–Trinajstić information content (AvgIpc) is 3.52. The minimum absolute atomic E-state index is 0.212. The van der Waals surface area contributed by atoms with Gasteiger partial charge in [-0.3, -0.25) is 15.1 Å². The molecule has 0 unspecified atom stereocenters. The number of rotatable bonds is 5. The zero-order chi connectivity index (χ0) is 23.8. The first-order valence-electron chi connectivity index (χ1n) is 11.8. The van der Waals surface area contributed by atoms with E-state index in [1.165, 1.54) is 30.6 Å². The lowest BCUT2D eigenvalue weighted by Crippen LogP contribution is -2.30. The molecule has 0 aliphatic carbocycles. The van der Waals surface area contributed by atoms with E-state index in [2.05, 4.69) is 27.3 Å². The number of carbonyl (C=O) groups excluding carboxylic acids is 1. The minimum atomic E-state index is -0.212. The Labute approximate surface area is 207 Å². The van der Waals surface area contributed by atoms with E-state index in [4.69, 9.17) is 14.7 Å². The van der Waals surface area contributed by atoms with Gasteiger partial charge in [0.1, 0.15) is 11.6 Å². The molecule has 6 rings (SSSR count). The zero-order valence-corrected chi connectivity index (χ0v) is 20.3. The molecule has 1 N–H and O–H groups in total. The number of pyridine rings is 1. The molecule has 2 aromatic heterocycles. The van der Waals surface area contributed by atoms with Gasteiger partial charge in [0.2, 0.25) is 0 Å². The molecule has 1 saturated heterocycles. The summed E-state index contributed by atoms with van der Waals surface area (Å²) in [5.41, 5.74) is 5.07. The summed E-state index contributed by atoms with van der Waals surface area (Å²) in [6, 6.07) is 15.6. The number of thiazole rings is 1. The number of hydrogen-bond acceptors (Lipinski definition) is 7. The number of hydrogen-bond donors (Lipinski definition) is 1. The summed E-state index contributed by atoms with van der Waals surface area (Å²) >= 11 is 1.42. The second-order valence-corrected chi connectivity index (χ2v) is 9.84. The predicted molar refractivity (Wildman–Crippen MR) is 141 cm³/mol. The molecule has 2 aliphatic rings. The van der Waals surface area contributed by atoms with Gasteiger partial charge < -0.3 is 9.64 Å². The molecule has 176 valence electrons. The van der Waals surface area contributed by atoms with Crippen LogP contribution in [0, 0.1) is 0 Å². The van der Waals surface area contributed by atoms with Crippen molar-refractivity contribution in [3.63, 3.8) is 0 Å². The topological polar surface area (TPSA) is 79.7 Å². The Morgan fingerprint density at radius 1 is 1.09 bits per heavy atom. The molecular weight excluding hydrogens is 458 g/mol. The maximum Gasteiger partial charge on any atom is 0.259 e. The zero-order valence-electron chi connectivity index (χ0n) is 19.5. The number of aromatic nitrogens is 2. The SMILES string of the molecule is COc1ccc2nc(NC(=O)c3cccc4c3N=C(c3ccc(N5CCCCC5)nc3)C4)sc2c1. The number of ether oxygens (including phenoxy) is 1. The monoisotopic (exact) mass is 483 g/mol. The number of para-hydroxylation sites is 1. The fourth-order valence-corrected chi connectivity index (χ4v) is 5.58. The number of amides is 1. The standard InChI is InChI=1S/C27H25N5O2S/c1-34-19-9-10-21-23(15-19)35-27(30-21)31-26(33)20-7-5-6-17-14-22(29-25(17)20)18-8-11-24(28-16-18)32-12-3-2-4-13-32/h5-11,15-16H,2-4,12-14H2,1H3,(H,30,31,33). The van der Waals surface area contributed by atoms with Crippen LogP contribution < -0.4 is 15.0 Å². The number of nitrogens with zero attached hydrogens (tertiary/aromatic N) is 4. The molecule has 1 amide bonds. The van der Waals surface area contributed by atoms with Gasteiger partial charge in [0, 0.05) is 31.3 Å². The highest BCUT2D eigenvalue weighted by atomic mass is 32.1. The van der Waals surface area contributed by atoms with E-state index in [1.54, 1.807) is 7.11 Å². The summed E-state index contributed by atoms with van der Waals surface area (Å²) in [5.74, 6) is 1.58. The van der Waals surface area contributed by atoms with Crippen LogP contribution >= 0.6 is 11.3 Å². The number of piperidine rings is 1. The van der Waals surface area contributed by atoms with Crippen LogP contribution in [-0.4, -0.2) is 41.8 Å². The summed E-state index contributed by atoms with van der Waals surface area (Å²) in [6.07, 6.45) is 6.34. The van der Waals surface area contributed by atoms with Crippen molar-refractivity contribution in [2.24, 2.45) is 4.99 Å². The molecule has 4 heterocycles. The number of nitrogens with one attached hydrogen (secondary N) is 1. The molecule has 7 nitrogen and oxygen atoms in total. The first kappa shape index (κ1) is 21.7. The van der Waals surface area contributed by atoms with E-state index in [0.717, 1.165) is 57.4 Å². The molecule has 8 heteroatoms. The van der Waals surface area contributed by atoms with Crippen molar-refractivity contribution in [1.82, 2.24) is 9.97 Å². The van der Waals surface area contributed by atoms with Crippen LogP contribution in [0.4, 0.5) is 16.6 Å². The van der Waals surface area contributed by atoms with Gasteiger partial charge in [-0.1, -0.05) is 23.5 Å². The summed E-state index contributed by atoms with van der Waals surface area (Å²) in [5, 5.41) is 3.51. The van der Waals surface area contributed by atoms with Gasteiger partial charge in [0.15, 0.2) is 5.13 Å². The number of carbonyl (C=O) groups is 1. The Bertz CT molecular complexity index is 1440. The first-order valence-corrected chi connectivity index (χ1v) is 12.7. The van der Waals surface area contributed by atoms with Crippen molar-refractivity contribution in [2.75, 3.05) is 30.4 Å². The van der Waals surface area contributed by atoms with Crippen molar-refractivity contribution >= 4 is 49.8 Å². The van der Waals surface area contributed by atoms with Crippen LogP contribution in [0.5, 0.6) is 5.75 Å². The minimum Gasteiger partial charge on any atom is -0.497 e. The molecule has 4 aromatic rings. The van der Waals surface area contributed by atoms with Crippen LogP contribution in [0.2, 0.25) is 0 Å². The lowest BCUT2D eigenvalue weighted by Gasteiger charge is -2.27. The van der Waals surface area contributed by atoms with Crippen LogP contribution in [-0.2, 0) is 6.42 Å². The maximum atomic E-state index is 13.2. The summed E-state index contributed by atoms with van der Waals surface area (Å²) in [6.45, 7) is 2.14. The molecule has 0 radical (unpaired) electrons. The van der Waals surface area contributed by atoms with E-state index < -0.39 is 0 Å². The van der Waals surface area contributed by atoms with Crippen LogP contribution in [0.1, 0.15) is 40.7 Å². The largest absolute Gasteiger partial charge is 0.497 e. The molecule has 2 aliphatic heterocycles. The van der Waals surface area contributed by atoms with E-state index in [9.17, 15) is 4.79 Å². The average molecular weight is 484 g/mol. The second-order valence-electron chi connectivity index (χ2n) is 8.81. The predicted octanol–water partition coefficient (Wildman–Crippen LogP) is 5.62. The number of anilines is 2. The molecule has 0 atom stereocenters. The fraction of sp³-hybridized carbons (Fsp3) is 0.259. The molecule has 0 spiro atoms. The van der Waals surface area contributed by atoms with Gasteiger partial charge in [-0.25, -0.2) is 9.97 Å². The van der Waals surface area contributed by atoms with Gasteiger partial charge in [0.05, 0.1) is 34.3 Å². The smallest absolute Gasteiger partial charge is 0.259 e. The van der Waals surface area contributed by atoms with E-state index in [0.29, 0.717) is 17.1 Å². The number of fused-ring (bicyclic) bond motifs is 2. The highest BCUT2D eigenvalue weighted by Crippen LogP contribution is 2.34. The van der Waals surface area contributed by atoms with Crippen molar-refractivity contribution in [3.05, 3.63) is 71.4 Å². The Kier molecular flexibility index (Phi) is 5.66. The van der Waals surface area contributed by atoms with Crippen molar-refractivity contribution in [1.29, 1.82) is 0 Å². The Morgan fingerprint density at radius 2 is 1.97 bits per heavy atom.